The molecule has 0 fully saturated rings. The lowest BCUT2D eigenvalue weighted by molar-refractivity contribution is -0.131. The van der Waals surface area contributed by atoms with Crippen LogP contribution in [0, 0.1) is 0 Å². The van der Waals surface area contributed by atoms with Crippen molar-refractivity contribution in [2.24, 2.45) is 0 Å². The molecule has 0 N–H and O–H groups in total. The number of amides is 1. The zero-order valence-electron chi connectivity index (χ0n) is 11.4. The maximum Gasteiger partial charge on any atom is 0.229 e. The molecule has 0 aliphatic heterocycles. The second-order valence-electron chi connectivity index (χ2n) is 5.02. The van der Waals surface area contributed by atoms with Gasteiger partial charge in [-0.1, -0.05) is 15.9 Å². The van der Waals surface area contributed by atoms with Gasteiger partial charge in [0.25, 0.3) is 0 Å². The number of alkyl halides is 1. The highest BCUT2D eigenvalue weighted by atomic mass is 79.9. The highest BCUT2D eigenvalue weighted by molar-refractivity contribution is 9.09. The minimum Gasteiger partial charge on any atom is -0.383 e. The van der Waals surface area contributed by atoms with Gasteiger partial charge in [-0.25, -0.2) is 0 Å². The Morgan fingerprint density at radius 2 is 2.47 bits per heavy atom. The van der Waals surface area contributed by atoms with Crippen LogP contribution in [0.4, 0.5) is 0 Å². The predicted octanol–water partition coefficient (Wildman–Crippen LogP) is 3.04. The third-order valence-electron chi connectivity index (χ3n) is 3.55. The van der Waals surface area contributed by atoms with E-state index in [2.05, 4.69) is 27.4 Å². The summed E-state index contributed by atoms with van der Waals surface area (Å²) in [4.78, 5) is 16.0. The number of hydrogen-bond acceptors (Lipinski definition) is 3. The topological polar surface area (TPSA) is 29.5 Å². The molecule has 1 aromatic heterocycles. The fraction of sp³-hybridized carbons (Fsp3) is 0.643. The highest BCUT2D eigenvalue weighted by Crippen LogP contribution is 2.35. The Labute approximate surface area is 127 Å². The first kappa shape index (κ1) is 15.0. The summed E-state index contributed by atoms with van der Waals surface area (Å²) < 4.78 is 5.09. The quantitative estimate of drug-likeness (QED) is 0.767. The molecule has 5 heteroatoms. The SMILES string of the molecule is COCC(Br)CN(C)C(=O)C1CCCc2sccc21. The molecule has 0 aromatic carbocycles. The zero-order chi connectivity index (χ0) is 13.8. The van der Waals surface area contributed by atoms with Gasteiger partial charge >= 0.3 is 0 Å². The minimum atomic E-state index is 0.0576. The second kappa shape index (κ2) is 6.86. The van der Waals surface area contributed by atoms with Crippen molar-refractivity contribution in [3.8, 4) is 0 Å². The van der Waals surface area contributed by atoms with Crippen LogP contribution in [0.2, 0.25) is 0 Å². The van der Waals surface area contributed by atoms with Crippen LogP contribution in [0.1, 0.15) is 29.2 Å². The van der Waals surface area contributed by atoms with Crippen LogP contribution in [-0.2, 0) is 16.0 Å². The van der Waals surface area contributed by atoms with Gasteiger partial charge in [-0.2, -0.15) is 0 Å². The van der Waals surface area contributed by atoms with Crippen molar-refractivity contribution >= 4 is 33.2 Å². The number of nitrogens with zero attached hydrogens (tertiary/aromatic N) is 1. The largest absolute Gasteiger partial charge is 0.383 e. The van der Waals surface area contributed by atoms with Crippen LogP contribution < -0.4 is 0 Å². The van der Waals surface area contributed by atoms with E-state index in [1.165, 1.54) is 10.4 Å². The molecular formula is C14H20BrNO2S. The maximum absolute atomic E-state index is 12.6. The monoisotopic (exact) mass is 345 g/mol. The normalized spacial score (nSPS) is 19.8. The number of rotatable bonds is 5. The van der Waals surface area contributed by atoms with Gasteiger partial charge in [0, 0.05) is 25.6 Å². The fourth-order valence-corrected chi connectivity index (χ4v) is 4.32. The molecule has 0 saturated carbocycles. The van der Waals surface area contributed by atoms with Gasteiger partial charge in [0.15, 0.2) is 0 Å². The Hall–Kier alpha value is -0.390. The summed E-state index contributed by atoms with van der Waals surface area (Å²) in [7, 11) is 3.56. The molecule has 1 aliphatic carbocycles. The van der Waals surface area contributed by atoms with Gasteiger partial charge in [-0.3, -0.25) is 4.79 Å². The number of carbonyl (C=O) groups excluding carboxylic acids is 1. The van der Waals surface area contributed by atoms with Crippen molar-refractivity contribution in [2.45, 2.75) is 30.0 Å². The third kappa shape index (κ3) is 3.58. The van der Waals surface area contributed by atoms with Crippen molar-refractivity contribution in [3.05, 3.63) is 21.9 Å². The second-order valence-corrected chi connectivity index (χ2v) is 7.31. The Bertz CT molecular complexity index is 435. The van der Waals surface area contributed by atoms with Crippen LogP contribution in [0.25, 0.3) is 0 Å². The van der Waals surface area contributed by atoms with E-state index in [0.29, 0.717) is 13.2 Å². The molecule has 0 spiro atoms. The molecule has 1 aliphatic rings. The Morgan fingerprint density at radius 1 is 1.68 bits per heavy atom. The van der Waals surface area contributed by atoms with Crippen molar-refractivity contribution in [2.75, 3.05) is 27.3 Å². The van der Waals surface area contributed by atoms with Crippen LogP contribution in [0.3, 0.4) is 0 Å². The number of thiophene rings is 1. The first-order valence-corrected chi connectivity index (χ1v) is 8.37. The molecule has 2 atom stereocenters. The van der Waals surface area contributed by atoms with E-state index >= 15 is 0 Å². The van der Waals surface area contributed by atoms with E-state index in [-0.39, 0.29) is 16.7 Å². The fourth-order valence-electron chi connectivity index (χ4n) is 2.63. The maximum atomic E-state index is 12.6. The number of likely N-dealkylation sites (N-methyl/N-ethyl adjacent to an activating group) is 1. The molecule has 106 valence electrons. The lowest BCUT2D eigenvalue weighted by atomic mass is 9.87. The van der Waals surface area contributed by atoms with Crippen molar-refractivity contribution in [1.82, 2.24) is 4.90 Å². The molecule has 1 amide bonds. The van der Waals surface area contributed by atoms with Crippen molar-refractivity contribution < 1.29 is 9.53 Å². The number of fused-ring (bicyclic) bond motifs is 1. The van der Waals surface area contributed by atoms with E-state index in [0.717, 1.165) is 19.3 Å². The van der Waals surface area contributed by atoms with Crippen LogP contribution >= 0.6 is 27.3 Å². The number of halogens is 1. The zero-order valence-corrected chi connectivity index (χ0v) is 13.8. The molecule has 19 heavy (non-hydrogen) atoms. The van der Waals surface area contributed by atoms with E-state index in [9.17, 15) is 4.79 Å². The molecular weight excluding hydrogens is 326 g/mol. The summed E-state index contributed by atoms with van der Waals surface area (Å²) in [6.45, 7) is 1.30. The van der Waals surface area contributed by atoms with Gasteiger partial charge in [0.2, 0.25) is 5.91 Å². The summed E-state index contributed by atoms with van der Waals surface area (Å²) in [6, 6.07) is 2.12. The molecule has 0 saturated heterocycles. The van der Waals surface area contributed by atoms with Crippen molar-refractivity contribution in [3.63, 3.8) is 0 Å². The first-order chi connectivity index (χ1) is 9.13. The molecule has 0 radical (unpaired) electrons. The molecule has 1 aromatic rings. The van der Waals surface area contributed by atoms with Gasteiger partial charge in [-0.15, -0.1) is 11.3 Å². The summed E-state index contributed by atoms with van der Waals surface area (Å²) >= 11 is 5.32. The van der Waals surface area contributed by atoms with E-state index in [4.69, 9.17) is 4.74 Å². The Balaban J connectivity index is 2.01. The summed E-state index contributed by atoms with van der Waals surface area (Å²) in [5.74, 6) is 0.294. The van der Waals surface area contributed by atoms with Crippen LogP contribution in [0.5, 0.6) is 0 Å². The number of hydrogen-bond donors (Lipinski definition) is 0. The van der Waals surface area contributed by atoms with Crippen molar-refractivity contribution in [1.29, 1.82) is 0 Å². The van der Waals surface area contributed by atoms with E-state index in [1.807, 2.05) is 11.9 Å². The van der Waals surface area contributed by atoms with Crippen LogP contribution in [0.15, 0.2) is 11.4 Å². The van der Waals surface area contributed by atoms with Gasteiger partial charge in [0.1, 0.15) is 0 Å². The molecule has 1 heterocycles. The lowest BCUT2D eigenvalue weighted by Gasteiger charge is -2.28. The van der Waals surface area contributed by atoms with Gasteiger partial charge in [0.05, 0.1) is 17.4 Å². The standard InChI is InChI=1S/C14H20BrNO2S/c1-16(8-10(15)9-18-2)14(17)12-4-3-5-13-11(12)6-7-19-13/h6-7,10,12H,3-5,8-9H2,1-2H3. The smallest absolute Gasteiger partial charge is 0.229 e. The lowest BCUT2D eigenvalue weighted by Crippen LogP contribution is -2.37. The summed E-state index contributed by atoms with van der Waals surface area (Å²) in [6.07, 6.45) is 3.23. The average molecular weight is 346 g/mol. The number of carbonyl (C=O) groups is 1. The van der Waals surface area contributed by atoms with E-state index in [1.54, 1.807) is 18.4 Å². The Morgan fingerprint density at radius 3 is 3.21 bits per heavy atom. The van der Waals surface area contributed by atoms with Crippen LogP contribution in [-0.4, -0.2) is 42.9 Å². The molecule has 2 unspecified atom stereocenters. The number of ether oxygens (including phenoxy) is 1. The number of aryl methyl sites for hydroxylation is 1. The molecule has 2 rings (SSSR count). The summed E-state index contributed by atoms with van der Waals surface area (Å²) in [5.41, 5.74) is 1.26. The Kier molecular flexibility index (Phi) is 5.42. The van der Waals surface area contributed by atoms with Gasteiger partial charge in [-0.05, 0) is 36.3 Å². The highest BCUT2D eigenvalue weighted by Gasteiger charge is 2.29. The first-order valence-electron chi connectivity index (χ1n) is 6.57. The van der Waals surface area contributed by atoms with E-state index < -0.39 is 0 Å². The third-order valence-corrected chi connectivity index (χ3v) is 5.10. The molecule has 3 nitrogen and oxygen atoms in total. The van der Waals surface area contributed by atoms with Gasteiger partial charge < -0.3 is 9.64 Å². The summed E-state index contributed by atoms with van der Waals surface area (Å²) in [5, 5.41) is 2.11. The molecule has 0 bridgehead atoms. The number of methoxy groups -OCH3 is 1. The predicted molar refractivity (Wildman–Crippen MR) is 82.2 cm³/mol. The minimum absolute atomic E-state index is 0.0576. The average Bonchev–Trinajstić information content (AvgIpc) is 2.86.